The first-order chi connectivity index (χ1) is 13.8. The van der Waals surface area contributed by atoms with Gasteiger partial charge in [0.1, 0.15) is 10.4 Å². The lowest BCUT2D eigenvalue weighted by atomic mass is 10.1. The molecule has 0 bridgehead atoms. The maximum Gasteiger partial charge on any atom is 0.345 e. The van der Waals surface area contributed by atoms with Gasteiger partial charge >= 0.3 is 6.61 Å². The van der Waals surface area contributed by atoms with Crippen LogP contribution in [0.25, 0.3) is 11.1 Å². The van der Waals surface area contributed by atoms with Crippen LogP contribution in [0.15, 0.2) is 53.5 Å². The largest absolute Gasteiger partial charge is 0.366 e. The summed E-state index contributed by atoms with van der Waals surface area (Å²) in [5.74, 6) is -1.59. The molecule has 1 aromatic carbocycles. The molecule has 152 valence electrons. The third kappa shape index (κ3) is 5.21. The van der Waals surface area contributed by atoms with Crippen LogP contribution in [-0.2, 0) is 4.74 Å². The smallest absolute Gasteiger partial charge is 0.345 e. The first-order valence-electron chi connectivity index (χ1n) is 8.50. The van der Waals surface area contributed by atoms with E-state index < -0.39 is 24.4 Å². The van der Waals surface area contributed by atoms with E-state index in [1.165, 1.54) is 18.3 Å². The summed E-state index contributed by atoms with van der Waals surface area (Å²) in [7, 11) is 0. The van der Waals surface area contributed by atoms with Crippen molar-refractivity contribution in [1.82, 2.24) is 14.8 Å². The highest BCUT2D eigenvalue weighted by molar-refractivity contribution is 9.10. The van der Waals surface area contributed by atoms with Gasteiger partial charge in [0.05, 0.1) is 24.4 Å². The highest BCUT2D eigenvalue weighted by Gasteiger charge is 2.18. The second kappa shape index (κ2) is 9.19. The Hall–Kier alpha value is -2.72. The highest BCUT2D eigenvalue weighted by atomic mass is 79.9. The Kier molecular flexibility index (Phi) is 6.65. The summed E-state index contributed by atoms with van der Waals surface area (Å²) < 4.78 is 45.4. The maximum atomic E-state index is 14.1. The predicted molar refractivity (Wildman–Crippen MR) is 103 cm³/mol. The quantitative estimate of drug-likeness (QED) is 0.503. The number of rotatable bonds is 8. The van der Waals surface area contributed by atoms with E-state index in [0.29, 0.717) is 15.7 Å². The Morgan fingerprint density at radius 3 is 2.62 bits per heavy atom. The van der Waals surface area contributed by atoms with Gasteiger partial charge in [-0.2, -0.15) is 13.9 Å². The summed E-state index contributed by atoms with van der Waals surface area (Å²) >= 11 is 3.25. The molecular weight excluding hydrogens is 453 g/mol. The summed E-state index contributed by atoms with van der Waals surface area (Å²) in [6, 6.07) is 7.17. The normalized spacial score (nSPS) is 12.3. The first-order valence-corrected chi connectivity index (χ1v) is 9.29. The minimum Gasteiger partial charge on any atom is -0.366 e. The van der Waals surface area contributed by atoms with Crippen LogP contribution in [-0.4, -0.2) is 33.9 Å². The Morgan fingerprint density at radius 2 is 2.00 bits per heavy atom. The number of carbonyl (C=O) groups excluding carboxylic acids is 1. The van der Waals surface area contributed by atoms with Crippen LogP contribution >= 0.6 is 15.9 Å². The van der Waals surface area contributed by atoms with Crippen LogP contribution in [0.3, 0.4) is 0 Å². The molecule has 2 N–H and O–H groups in total. The van der Waals surface area contributed by atoms with Crippen LogP contribution in [0.5, 0.6) is 0 Å². The molecule has 2 aromatic heterocycles. The number of halogens is 4. The molecule has 0 saturated heterocycles. The third-order valence-electron chi connectivity index (χ3n) is 4.26. The average molecular weight is 469 g/mol. The molecule has 1 unspecified atom stereocenters. The van der Waals surface area contributed by atoms with Gasteiger partial charge in [-0.25, -0.2) is 9.37 Å². The molecule has 29 heavy (non-hydrogen) atoms. The molecule has 10 heteroatoms. The van der Waals surface area contributed by atoms with Gasteiger partial charge in [0.2, 0.25) is 0 Å². The van der Waals surface area contributed by atoms with Gasteiger partial charge in [-0.1, -0.05) is 12.1 Å². The number of alkyl halides is 2. The van der Waals surface area contributed by atoms with E-state index in [1.54, 1.807) is 35.3 Å². The molecule has 2 heterocycles. The Bertz CT molecular complexity index is 995. The lowest BCUT2D eigenvalue weighted by Crippen LogP contribution is -2.15. The number of carbonyl (C=O) groups is 1. The molecule has 0 aliphatic rings. The van der Waals surface area contributed by atoms with Crippen LogP contribution < -0.4 is 5.73 Å². The number of aromatic nitrogens is 3. The van der Waals surface area contributed by atoms with Crippen LogP contribution in [0.2, 0.25) is 0 Å². The monoisotopic (exact) mass is 468 g/mol. The van der Waals surface area contributed by atoms with Crippen molar-refractivity contribution in [3.05, 3.63) is 70.5 Å². The van der Waals surface area contributed by atoms with Crippen molar-refractivity contribution in [2.45, 2.75) is 19.1 Å². The number of hydrogen-bond donors (Lipinski definition) is 1. The third-order valence-corrected chi connectivity index (χ3v) is 4.73. The van der Waals surface area contributed by atoms with Gasteiger partial charge < -0.3 is 10.5 Å². The van der Waals surface area contributed by atoms with Gasteiger partial charge in [0, 0.05) is 18.0 Å². The number of hydrogen-bond acceptors (Lipinski definition) is 4. The van der Waals surface area contributed by atoms with Gasteiger partial charge in [-0.15, -0.1) is 0 Å². The van der Waals surface area contributed by atoms with E-state index in [4.69, 9.17) is 5.73 Å². The van der Waals surface area contributed by atoms with Crippen LogP contribution in [0, 0.1) is 5.82 Å². The number of pyridine rings is 1. The molecule has 3 rings (SSSR count). The second-order valence-electron chi connectivity index (χ2n) is 6.12. The molecule has 1 amide bonds. The zero-order valence-electron chi connectivity index (χ0n) is 14.9. The summed E-state index contributed by atoms with van der Waals surface area (Å²) in [6.07, 6.45) is 5.02. The van der Waals surface area contributed by atoms with E-state index in [1.807, 2.05) is 0 Å². The number of amides is 1. The second-order valence-corrected chi connectivity index (χ2v) is 6.93. The predicted octanol–water partition coefficient (Wildman–Crippen LogP) is 4.16. The van der Waals surface area contributed by atoms with E-state index in [2.05, 4.69) is 30.7 Å². The van der Waals surface area contributed by atoms with Crippen molar-refractivity contribution in [1.29, 1.82) is 0 Å². The van der Waals surface area contributed by atoms with Crippen LogP contribution in [0.1, 0.15) is 28.4 Å². The molecule has 1 atom stereocenters. The molecular formula is C19H16BrF3N4O2. The van der Waals surface area contributed by atoms with Crippen LogP contribution in [0.4, 0.5) is 13.2 Å². The van der Waals surface area contributed by atoms with Gasteiger partial charge in [0.15, 0.2) is 0 Å². The van der Waals surface area contributed by atoms with Crippen molar-refractivity contribution in [3.8, 4) is 11.1 Å². The summed E-state index contributed by atoms with van der Waals surface area (Å²) in [5, 5.41) is 4.30. The van der Waals surface area contributed by atoms with Crippen molar-refractivity contribution in [2.75, 3.05) is 6.61 Å². The van der Waals surface area contributed by atoms with Crippen molar-refractivity contribution >= 4 is 21.8 Å². The summed E-state index contributed by atoms with van der Waals surface area (Å²) in [4.78, 5) is 15.3. The minimum absolute atomic E-state index is 0.185. The van der Waals surface area contributed by atoms with Crippen molar-refractivity contribution in [2.24, 2.45) is 5.73 Å². The van der Waals surface area contributed by atoms with E-state index in [9.17, 15) is 18.0 Å². The fraction of sp³-hybridized carbons (Fsp3) is 0.211. The van der Waals surface area contributed by atoms with E-state index in [-0.39, 0.29) is 18.6 Å². The van der Waals surface area contributed by atoms with E-state index >= 15 is 0 Å². The average Bonchev–Trinajstić information content (AvgIpc) is 3.15. The highest BCUT2D eigenvalue weighted by Crippen LogP contribution is 2.27. The van der Waals surface area contributed by atoms with E-state index in [0.717, 1.165) is 5.56 Å². The van der Waals surface area contributed by atoms with Gasteiger partial charge in [0.25, 0.3) is 5.91 Å². The molecule has 0 aliphatic carbocycles. The molecule has 0 radical (unpaired) electrons. The van der Waals surface area contributed by atoms with Gasteiger partial charge in [-0.05, 0) is 51.7 Å². The SMILES string of the molecule is NC(=O)c1ccc(-c2cnn(C(CCOC(F)F)c3ccc(Br)nc3)c2)cc1F. The standard InChI is InChI=1S/C19H16BrF3N4O2/c20-17-4-2-12(8-25-17)16(5-6-29-19(22)23)27-10-13(9-26-27)11-1-3-14(18(24)28)15(21)7-11/h1-4,7-10,16,19H,5-6H2,(H2,24,28). The zero-order valence-corrected chi connectivity index (χ0v) is 16.5. The Morgan fingerprint density at radius 1 is 1.21 bits per heavy atom. The summed E-state index contributed by atoms with van der Waals surface area (Å²) in [5.41, 5.74) is 6.75. The lowest BCUT2D eigenvalue weighted by Gasteiger charge is -2.18. The molecule has 3 aromatic rings. The minimum atomic E-state index is -2.86. The zero-order chi connectivity index (χ0) is 21.0. The fourth-order valence-corrected chi connectivity index (χ4v) is 3.09. The Labute approximate surface area is 172 Å². The summed E-state index contributed by atoms with van der Waals surface area (Å²) in [6.45, 7) is -3.05. The number of ether oxygens (including phenoxy) is 1. The number of nitrogens with two attached hydrogens (primary N) is 1. The molecule has 6 nitrogen and oxygen atoms in total. The lowest BCUT2D eigenvalue weighted by molar-refractivity contribution is -0.130. The number of primary amides is 1. The van der Waals surface area contributed by atoms with Gasteiger partial charge in [-0.3, -0.25) is 9.48 Å². The van der Waals surface area contributed by atoms with Crippen molar-refractivity contribution in [3.63, 3.8) is 0 Å². The maximum absolute atomic E-state index is 14.1. The molecule has 0 fully saturated rings. The van der Waals surface area contributed by atoms with Crippen molar-refractivity contribution < 1.29 is 22.7 Å². The topological polar surface area (TPSA) is 83.0 Å². The molecule has 0 saturated carbocycles. The Balaban J connectivity index is 1.89. The first kappa shape index (κ1) is 21.0. The molecule has 0 spiro atoms. The molecule has 0 aliphatic heterocycles. The number of nitrogens with zero attached hydrogens (tertiary/aromatic N) is 3. The fourth-order valence-electron chi connectivity index (χ4n) is 2.86. The number of benzene rings is 1.